The minimum atomic E-state index is -0.0202. The Kier molecular flexibility index (Phi) is 4.00. The summed E-state index contributed by atoms with van der Waals surface area (Å²) in [6.07, 6.45) is 0. The molecule has 1 aromatic heterocycles. The van der Waals surface area contributed by atoms with Gasteiger partial charge in [0, 0.05) is 24.3 Å². The van der Waals surface area contributed by atoms with E-state index < -0.39 is 0 Å². The number of nitrogens with zero attached hydrogens (tertiary/aromatic N) is 2. The fraction of sp³-hybridized carbons (Fsp3) is 0.333. The van der Waals surface area contributed by atoms with Crippen LogP contribution < -0.4 is 0 Å². The fourth-order valence-corrected chi connectivity index (χ4v) is 1.97. The van der Waals surface area contributed by atoms with Crippen molar-refractivity contribution in [1.29, 1.82) is 0 Å². The zero-order valence-corrected chi connectivity index (χ0v) is 11.6. The van der Waals surface area contributed by atoms with Crippen molar-refractivity contribution in [3.63, 3.8) is 0 Å². The van der Waals surface area contributed by atoms with E-state index in [-0.39, 0.29) is 5.91 Å². The number of aromatic amines is 1. The van der Waals surface area contributed by atoms with Gasteiger partial charge in [-0.3, -0.25) is 9.89 Å². The maximum atomic E-state index is 12.5. The van der Waals surface area contributed by atoms with Crippen LogP contribution in [0.1, 0.15) is 34.2 Å². The smallest absolute Gasteiger partial charge is 0.274 e. The first kappa shape index (κ1) is 13.3. The van der Waals surface area contributed by atoms with E-state index in [1.807, 2.05) is 51.1 Å². The normalized spacial score (nSPS) is 10.5. The number of hydrogen-bond acceptors (Lipinski definition) is 2. The van der Waals surface area contributed by atoms with Gasteiger partial charge in [-0.15, -0.1) is 0 Å². The standard InChI is InChI=1S/C15H19N3O/c1-4-18(10-13-8-6-5-7-9-13)15(19)14-11(2)12(3)16-17-14/h5-9H,4,10H2,1-3H3,(H,16,17). The first-order chi connectivity index (χ1) is 9.13. The van der Waals surface area contributed by atoms with E-state index >= 15 is 0 Å². The third-order valence-electron chi connectivity index (χ3n) is 3.34. The van der Waals surface area contributed by atoms with Crippen molar-refractivity contribution in [1.82, 2.24) is 15.1 Å². The Morgan fingerprint density at radius 1 is 1.26 bits per heavy atom. The summed E-state index contributed by atoms with van der Waals surface area (Å²) < 4.78 is 0. The van der Waals surface area contributed by atoms with Gasteiger partial charge in [-0.05, 0) is 26.3 Å². The molecule has 0 spiro atoms. The van der Waals surface area contributed by atoms with Crippen molar-refractivity contribution in [2.24, 2.45) is 0 Å². The third kappa shape index (κ3) is 2.84. The topological polar surface area (TPSA) is 49.0 Å². The average Bonchev–Trinajstić information content (AvgIpc) is 2.77. The number of carbonyl (C=O) groups is 1. The number of hydrogen-bond donors (Lipinski definition) is 1. The molecule has 2 aromatic rings. The van der Waals surface area contributed by atoms with E-state index in [9.17, 15) is 4.79 Å². The fourth-order valence-electron chi connectivity index (χ4n) is 1.97. The van der Waals surface area contributed by atoms with Crippen molar-refractivity contribution in [2.45, 2.75) is 27.3 Å². The van der Waals surface area contributed by atoms with Gasteiger partial charge >= 0.3 is 0 Å². The number of aromatic nitrogens is 2. The van der Waals surface area contributed by atoms with Gasteiger partial charge in [0.15, 0.2) is 5.69 Å². The Balaban J connectivity index is 2.18. The van der Waals surface area contributed by atoms with Crippen molar-refractivity contribution in [3.05, 3.63) is 52.8 Å². The molecule has 0 saturated carbocycles. The molecule has 0 aliphatic rings. The summed E-state index contributed by atoms with van der Waals surface area (Å²) in [5.41, 5.74) is 3.52. The summed E-state index contributed by atoms with van der Waals surface area (Å²) in [5, 5.41) is 6.97. The highest BCUT2D eigenvalue weighted by Gasteiger charge is 2.20. The van der Waals surface area contributed by atoms with Crippen molar-refractivity contribution >= 4 is 5.91 Å². The summed E-state index contributed by atoms with van der Waals surface area (Å²) >= 11 is 0. The van der Waals surface area contributed by atoms with E-state index in [4.69, 9.17) is 0 Å². The zero-order valence-electron chi connectivity index (χ0n) is 11.6. The van der Waals surface area contributed by atoms with Crippen LogP contribution in [-0.2, 0) is 6.54 Å². The molecule has 0 aliphatic heterocycles. The summed E-state index contributed by atoms with van der Waals surface area (Å²) in [6, 6.07) is 10.00. The molecule has 19 heavy (non-hydrogen) atoms. The Hall–Kier alpha value is -2.10. The molecule has 0 radical (unpaired) electrons. The first-order valence-corrected chi connectivity index (χ1v) is 6.48. The predicted molar refractivity (Wildman–Crippen MR) is 74.9 cm³/mol. The monoisotopic (exact) mass is 257 g/mol. The minimum absolute atomic E-state index is 0.0202. The molecule has 4 nitrogen and oxygen atoms in total. The molecule has 0 aliphatic carbocycles. The molecule has 1 aromatic carbocycles. The van der Waals surface area contributed by atoms with Crippen LogP contribution in [0.5, 0.6) is 0 Å². The second-order valence-electron chi connectivity index (χ2n) is 4.63. The highest BCUT2D eigenvalue weighted by atomic mass is 16.2. The lowest BCUT2D eigenvalue weighted by atomic mass is 10.1. The first-order valence-electron chi connectivity index (χ1n) is 6.48. The SMILES string of the molecule is CCN(Cc1ccccc1)C(=O)c1n[nH]c(C)c1C. The molecule has 0 saturated heterocycles. The van der Waals surface area contributed by atoms with Crippen LogP contribution in [0.15, 0.2) is 30.3 Å². The summed E-state index contributed by atoms with van der Waals surface area (Å²) in [5.74, 6) is -0.0202. The average molecular weight is 257 g/mol. The van der Waals surface area contributed by atoms with Crippen LogP contribution in [0, 0.1) is 13.8 Å². The number of H-pyrrole nitrogens is 1. The van der Waals surface area contributed by atoms with Crippen molar-refractivity contribution in [3.8, 4) is 0 Å². The Labute approximate surface area is 113 Å². The van der Waals surface area contributed by atoms with Gasteiger partial charge in [0.1, 0.15) is 0 Å². The molecule has 1 amide bonds. The van der Waals surface area contributed by atoms with Crippen LogP contribution in [0.4, 0.5) is 0 Å². The van der Waals surface area contributed by atoms with Gasteiger partial charge in [0.25, 0.3) is 5.91 Å². The van der Waals surface area contributed by atoms with Gasteiger partial charge in [-0.2, -0.15) is 5.10 Å². The Bertz CT molecular complexity index is 560. The van der Waals surface area contributed by atoms with Crippen LogP contribution in [0.3, 0.4) is 0 Å². The van der Waals surface area contributed by atoms with E-state index in [1.165, 1.54) is 0 Å². The van der Waals surface area contributed by atoms with E-state index in [1.54, 1.807) is 4.90 Å². The largest absolute Gasteiger partial charge is 0.333 e. The van der Waals surface area contributed by atoms with Crippen LogP contribution in [0.2, 0.25) is 0 Å². The lowest BCUT2D eigenvalue weighted by molar-refractivity contribution is 0.0746. The second-order valence-corrected chi connectivity index (χ2v) is 4.63. The second kappa shape index (κ2) is 5.69. The summed E-state index contributed by atoms with van der Waals surface area (Å²) in [4.78, 5) is 14.3. The van der Waals surface area contributed by atoms with Crippen LogP contribution in [0.25, 0.3) is 0 Å². The van der Waals surface area contributed by atoms with Crippen molar-refractivity contribution in [2.75, 3.05) is 6.54 Å². The zero-order chi connectivity index (χ0) is 13.8. The number of rotatable bonds is 4. The Morgan fingerprint density at radius 3 is 2.47 bits per heavy atom. The maximum Gasteiger partial charge on any atom is 0.274 e. The molecule has 1 heterocycles. The number of nitrogens with one attached hydrogen (secondary N) is 1. The van der Waals surface area contributed by atoms with Gasteiger partial charge in [0.2, 0.25) is 0 Å². The number of carbonyl (C=O) groups excluding carboxylic acids is 1. The molecule has 0 fully saturated rings. The molecule has 0 unspecified atom stereocenters. The van der Waals surface area contributed by atoms with Gasteiger partial charge in [0.05, 0.1) is 0 Å². The quantitative estimate of drug-likeness (QED) is 0.915. The molecule has 0 bridgehead atoms. The van der Waals surface area contributed by atoms with Crippen molar-refractivity contribution < 1.29 is 4.79 Å². The highest BCUT2D eigenvalue weighted by Crippen LogP contribution is 2.13. The molecule has 4 heteroatoms. The molecular weight excluding hydrogens is 238 g/mol. The molecular formula is C15H19N3O. The minimum Gasteiger partial charge on any atom is -0.333 e. The number of benzene rings is 1. The highest BCUT2D eigenvalue weighted by molar-refractivity contribution is 5.93. The van der Waals surface area contributed by atoms with Gasteiger partial charge in [-0.1, -0.05) is 30.3 Å². The lowest BCUT2D eigenvalue weighted by Gasteiger charge is -2.20. The van der Waals surface area contributed by atoms with E-state index in [0.717, 1.165) is 16.8 Å². The third-order valence-corrected chi connectivity index (χ3v) is 3.34. The molecule has 0 atom stereocenters. The molecule has 100 valence electrons. The van der Waals surface area contributed by atoms with Crippen LogP contribution in [-0.4, -0.2) is 27.5 Å². The molecule has 1 N–H and O–H groups in total. The van der Waals surface area contributed by atoms with Gasteiger partial charge < -0.3 is 4.90 Å². The lowest BCUT2D eigenvalue weighted by Crippen LogP contribution is -2.31. The summed E-state index contributed by atoms with van der Waals surface area (Å²) in [6.45, 7) is 7.10. The number of amides is 1. The summed E-state index contributed by atoms with van der Waals surface area (Å²) in [7, 11) is 0. The number of aryl methyl sites for hydroxylation is 1. The van der Waals surface area contributed by atoms with Gasteiger partial charge in [-0.25, -0.2) is 0 Å². The Morgan fingerprint density at radius 2 is 1.95 bits per heavy atom. The van der Waals surface area contributed by atoms with Crippen LogP contribution >= 0.6 is 0 Å². The molecule has 2 rings (SSSR count). The van der Waals surface area contributed by atoms with E-state index in [0.29, 0.717) is 18.8 Å². The predicted octanol–water partition coefficient (Wildman–Crippen LogP) is 2.69. The van der Waals surface area contributed by atoms with E-state index in [2.05, 4.69) is 10.2 Å². The maximum absolute atomic E-state index is 12.5.